The van der Waals surface area contributed by atoms with Gasteiger partial charge in [0, 0.05) is 24.3 Å². The molecule has 0 radical (unpaired) electrons. The molecule has 4 nitrogen and oxygen atoms in total. The lowest BCUT2D eigenvalue weighted by atomic mass is 10.1. The molecule has 0 saturated carbocycles. The lowest BCUT2D eigenvalue weighted by Crippen LogP contribution is -2.29. The Labute approximate surface area is 148 Å². The molecule has 1 aliphatic rings. The van der Waals surface area contributed by atoms with E-state index in [2.05, 4.69) is 5.32 Å². The minimum absolute atomic E-state index is 0.0130. The zero-order valence-corrected chi connectivity index (χ0v) is 15.2. The average Bonchev–Trinajstić information content (AvgIpc) is 2.93. The van der Waals surface area contributed by atoms with Crippen LogP contribution in [0.4, 0.5) is 11.4 Å². The molecule has 130 valence electrons. The normalized spacial score (nSPS) is 17.0. The summed E-state index contributed by atoms with van der Waals surface area (Å²) in [6, 6.07) is 11.9. The van der Waals surface area contributed by atoms with E-state index in [1.54, 1.807) is 4.90 Å². The van der Waals surface area contributed by atoms with Crippen LogP contribution >= 0.6 is 0 Å². The van der Waals surface area contributed by atoms with Crippen molar-refractivity contribution in [2.75, 3.05) is 16.8 Å². The fourth-order valence-electron chi connectivity index (χ4n) is 3.57. The number of carbonyl (C=O) groups is 2. The molecule has 1 heterocycles. The summed E-state index contributed by atoms with van der Waals surface area (Å²) < 4.78 is 0. The maximum Gasteiger partial charge on any atom is 0.229 e. The van der Waals surface area contributed by atoms with Crippen LogP contribution in [-0.2, 0) is 9.59 Å². The van der Waals surface area contributed by atoms with E-state index in [0.29, 0.717) is 6.54 Å². The number of rotatable bonds is 3. The highest BCUT2D eigenvalue weighted by Gasteiger charge is 2.36. The predicted octanol–water partition coefficient (Wildman–Crippen LogP) is 3.91. The summed E-state index contributed by atoms with van der Waals surface area (Å²) in [5, 5.41) is 3.02. The van der Waals surface area contributed by atoms with Crippen molar-refractivity contribution >= 4 is 23.2 Å². The second-order valence-corrected chi connectivity index (χ2v) is 6.90. The minimum Gasteiger partial charge on any atom is -0.325 e. The number of nitrogens with zero attached hydrogens (tertiary/aromatic N) is 1. The number of benzene rings is 2. The van der Waals surface area contributed by atoms with Crippen molar-refractivity contribution in [2.45, 2.75) is 34.1 Å². The Kier molecular flexibility index (Phi) is 4.62. The van der Waals surface area contributed by atoms with E-state index >= 15 is 0 Å². The Morgan fingerprint density at radius 2 is 1.48 bits per heavy atom. The molecule has 3 rings (SSSR count). The number of aryl methyl sites for hydroxylation is 4. The van der Waals surface area contributed by atoms with Gasteiger partial charge in [-0.15, -0.1) is 0 Å². The monoisotopic (exact) mass is 336 g/mol. The zero-order valence-electron chi connectivity index (χ0n) is 15.2. The summed E-state index contributed by atoms with van der Waals surface area (Å²) >= 11 is 0. The molecule has 1 atom stereocenters. The van der Waals surface area contributed by atoms with Gasteiger partial charge in [0.2, 0.25) is 11.8 Å². The second kappa shape index (κ2) is 6.71. The van der Waals surface area contributed by atoms with E-state index in [-0.39, 0.29) is 24.2 Å². The molecule has 1 aliphatic heterocycles. The lowest BCUT2D eigenvalue weighted by molar-refractivity contribution is -0.122. The Morgan fingerprint density at radius 1 is 0.960 bits per heavy atom. The van der Waals surface area contributed by atoms with Crippen LogP contribution in [0.2, 0.25) is 0 Å². The van der Waals surface area contributed by atoms with Gasteiger partial charge in [-0.25, -0.2) is 0 Å². The standard InChI is InChI=1S/C21H24N2O2/c1-13-7-5-8-14(2)19(13)22-21(25)17-11-18(24)23(12-17)20-15(3)9-6-10-16(20)4/h5-10,17H,11-12H2,1-4H3,(H,22,25)/t17-/m1/s1. The van der Waals surface area contributed by atoms with Gasteiger partial charge in [-0.2, -0.15) is 0 Å². The third kappa shape index (κ3) is 3.29. The third-order valence-corrected chi connectivity index (χ3v) is 4.93. The van der Waals surface area contributed by atoms with Gasteiger partial charge in [-0.1, -0.05) is 36.4 Å². The van der Waals surface area contributed by atoms with Gasteiger partial charge in [-0.3, -0.25) is 9.59 Å². The van der Waals surface area contributed by atoms with Crippen molar-refractivity contribution in [3.8, 4) is 0 Å². The summed E-state index contributed by atoms with van der Waals surface area (Å²) in [6.07, 6.45) is 0.255. The van der Waals surface area contributed by atoms with Crippen molar-refractivity contribution in [2.24, 2.45) is 5.92 Å². The van der Waals surface area contributed by atoms with E-state index in [1.807, 2.05) is 64.1 Å². The van der Waals surface area contributed by atoms with Gasteiger partial charge in [0.05, 0.1) is 5.92 Å². The average molecular weight is 336 g/mol. The lowest BCUT2D eigenvalue weighted by Gasteiger charge is -2.21. The molecule has 1 saturated heterocycles. The molecule has 2 amide bonds. The van der Waals surface area contributed by atoms with Gasteiger partial charge < -0.3 is 10.2 Å². The Hall–Kier alpha value is -2.62. The largest absolute Gasteiger partial charge is 0.325 e. The van der Waals surface area contributed by atoms with E-state index in [4.69, 9.17) is 0 Å². The van der Waals surface area contributed by atoms with Gasteiger partial charge in [0.25, 0.3) is 0 Å². The summed E-state index contributed by atoms with van der Waals surface area (Å²) in [5.74, 6) is -0.399. The van der Waals surface area contributed by atoms with E-state index < -0.39 is 0 Å². The van der Waals surface area contributed by atoms with E-state index in [9.17, 15) is 9.59 Å². The molecule has 1 fully saturated rings. The first-order valence-electron chi connectivity index (χ1n) is 8.62. The molecule has 0 aromatic heterocycles. The molecular weight excluding hydrogens is 312 g/mol. The van der Waals surface area contributed by atoms with Crippen LogP contribution in [-0.4, -0.2) is 18.4 Å². The maximum atomic E-state index is 12.7. The predicted molar refractivity (Wildman–Crippen MR) is 101 cm³/mol. The first kappa shape index (κ1) is 17.2. The SMILES string of the molecule is Cc1cccc(C)c1NC(=O)[C@@H]1CC(=O)N(c2c(C)cccc2C)C1. The number of anilines is 2. The van der Waals surface area contributed by atoms with E-state index in [1.165, 1.54) is 0 Å². The smallest absolute Gasteiger partial charge is 0.229 e. The van der Waals surface area contributed by atoms with Crippen LogP contribution in [0.15, 0.2) is 36.4 Å². The Bertz CT molecular complexity index is 801. The Morgan fingerprint density at radius 3 is 2.04 bits per heavy atom. The van der Waals surface area contributed by atoms with Gasteiger partial charge in [-0.05, 0) is 49.9 Å². The molecule has 2 aromatic carbocycles. The van der Waals surface area contributed by atoms with Gasteiger partial charge in [0.15, 0.2) is 0 Å². The number of amides is 2. The first-order valence-corrected chi connectivity index (χ1v) is 8.62. The summed E-state index contributed by atoms with van der Waals surface area (Å²) in [7, 11) is 0. The number of nitrogens with one attached hydrogen (secondary N) is 1. The van der Waals surface area contributed by atoms with Crippen molar-refractivity contribution in [1.29, 1.82) is 0 Å². The van der Waals surface area contributed by atoms with Crippen LogP contribution in [0.25, 0.3) is 0 Å². The van der Waals surface area contributed by atoms with Crippen LogP contribution in [0.5, 0.6) is 0 Å². The minimum atomic E-state index is -0.328. The number of hydrogen-bond acceptors (Lipinski definition) is 2. The highest BCUT2D eigenvalue weighted by Crippen LogP contribution is 2.31. The molecule has 0 aliphatic carbocycles. The molecular formula is C21H24N2O2. The Balaban J connectivity index is 1.80. The van der Waals surface area contributed by atoms with Gasteiger partial charge >= 0.3 is 0 Å². The first-order chi connectivity index (χ1) is 11.9. The molecule has 2 aromatic rings. The van der Waals surface area contributed by atoms with Crippen molar-refractivity contribution < 1.29 is 9.59 Å². The second-order valence-electron chi connectivity index (χ2n) is 6.90. The van der Waals surface area contributed by atoms with Crippen molar-refractivity contribution in [3.63, 3.8) is 0 Å². The molecule has 25 heavy (non-hydrogen) atoms. The zero-order chi connectivity index (χ0) is 18.1. The van der Waals surface area contributed by atoms with Crippen LogP contribution in [0.1, 0.15) is 28.7 Å². The molecule has 0 unspecified atom stereocenters. The van der Waals surface area contributed by atoms with Crippen LogP contribution < -0.4 is 10.2 Å². The van der Waals surface area contributed by atoms with Crippen molar-refractivity contribution in [3.05, 3.63) is 58.7 Å². The maximum absolute atomic E-state index is 12.7. The summed E-state index contributed by atoms with van der Waals surface area (Å²) in [4.78, 5) is 27.0. The number of para-hydroxylation sites is 2. The molecule has 0 spiro atoms. The van der Waals surface area contributed by atoms with Gasteiger partial charge in [0.1, 0.15) is 0 Å². The fourth-order valence-corrected chi connectivity index (χ4v) is 3.57. The highest BCUT2D eigenvalue weighted by atomic mass is 16.2. The topological polar surface area (TPSA) is 49.4 Å². The highest BCUT2D eigenvalue weighted by molar-refractivity contribution is 6.04. The third-order valence-electron chi connectivity index (χ3n) is 4.93. The summed E-state index contributed by atoms with van der Waals surface area (Å²) in [6.45, 7) is 8.39. The summed E-state index contributed by atoms with van der Waals surface area (Å²) in [5.41, 5.74) is 5.97. The quantitative estimate of drug-likeness (QED) is 0.924. The molecule has 4 heteroatoms. The number of carbonyl (C=O) groups excluding carboxylic acids is 2. The molecule has 1 N–H and O–H groups in total. The van der Waals surface area contributed by atoms with Crippen LogP contribution in [0.3, 0.4) is 0 Å². The fraction of sp³-hybridized carbons (Fsp3) is 0.333. The van der Waals surface area contributed by atoms with E-state index in [0.717, 1.165) is 33.6 Å². The number of hydrogen-bond donors (Lipinski definition) is 1. The molecule has 0 bridgehead atoms. The van der Waals surface area contributed by atoms with Crippen LogP contribution in [0, 0.1) is 33.6 Å². The van der Waals surface area contributed by atoms with Crippen molar-refractivity contribution in [1.82, 2.24) is 0 Å².